The highest BCUT2D eigenvalue weighted by Crippen LogP contribution is 2.61. The standard InChI is InChI=1S/C20H30O2/c1-6-14(2)8-10-16-15(3)9-11-17-19(16,4)12-7-13-20(17,5)18(21)22/h6,8,16-17H,1,3,7,9-13H2,2,4-5H3,(H,21,22)/b14-8+/t16?,17?,19-,20+/m1/s1. The van der Waals surface area contributed by atoms with Crippen LogP contribution in [0.1, 0.15) is 59.3 Å². The van der Waals surface area contributed by atoms with Gasteiger partial charge >= 0.3 is 5.97 Å². The molecule has 0 aromatic rings. The number of fused-ring (bicyclic) bond motifs is 1. The molecule has 2 heteroatoms. The zero-order valence-electron chi connectivity index (χ0n) is 14.3. The van der Waals surface area contributed by atoms with E-state index in [0.717, 1.165) is 38.5 Å². The number of aliphatic carboxylic acids is 1. The zero-order chi connectivity index (χ0) is 16.5. The first-order valence-electron chi connectivity index (χ1n) is 8.46. The molecular weight excluding hydrogens is 272 g/mol. The minimum atomic E-state index is -0.618. The number of carboxylic acids is 1. The number of carboxylic acid groups (broad SMARTS) is 1. The van der Waals surface area contributed by atoms with E-state index in [1.165, 1.54) is 11.1 Å². The predicted octanol–water partition coefficient (Wildman–Crippen LogP) is 5.37. The van der Waals surface area contributed by atoms with Gasteiger partial charge < -0.3 is 5.11 Å². The average molecular weight is 302 g/mol. The van der Waals surface area contributed by atoms with Crippen LogP contribution < -0.4 is 0 Å². The van der Waals surface area contributed by atoms with Gasteiger partial charge in [0, 0.05) is 0 Å². The summed E-state index contributed by atoms with van der Waals surface area (Å²) in [5, 5.41) is 9.81. The molecule has 2 aliphatic rings. The maximum absolute atomic E-state index is 11.9. The van der Waals surface area contributed by atoms with Crippen LogP contribution in [0.3, 0.4) is 0 Å². The Morgan fingerprint density at radius 1 is 1.41 bits per heavy atom. The topological polar surface area (TPSA) is 37.3 Å². The lowest BCUT2D eigenvalue weighted by molar-refractivity contribution is -0.164. The van der Waals surface area contributed by atoms with Gasteiger partial charge in [-0.15, -0.1) is 0 Å². The molecule has 2 fully saturated rings. The van der Waals surface area contributed by atoms with Crippen LogP contribution in [0, 0.1) is 22.7 Å². The van der Waals surface area contributed by atoms with Crippen LogP contribution in [0.2, 0.25) is 0 Å². The summed E-state index contributed by atoms with van der Waals surface area (Å²) in [4.78, 5) is 11.9. The minimum Gasteiger partial charge on any atom is -0.481 e. The molecule has 0 spiro atoms. The third-order valence-electron chi connectivity index (χ3n) is 6.51. The van der Waals surface area contributed by atoms with Gasteiger partial charge in [-0.05, 0) is 63.2 Å². The van der Waals surface area contributed by atoms with Gasteiger partial charge in [0.2, 0.25) is 0 Å². The van der Waals surface area contributed by atoms with Crippen molar-refractivity contribution in [2.45, 2.75) is 59.3 Å². The Hall–Kier alpha value is -1.31. The van der Waals surface area contributed by atoms with Crippen molar-refractivity contribution in [2.75, 3.05) is 0 Å². The second-order valence-corrected chi connectivity index (χ2v) is 7.77. The number of hydrogen-bond acceptors (Lipinski definition) is 1. The van der Waals surface area contributed by atoms with Gasteiger partial charge in [0.1, 0.15) is 0 Å². The van der Waals surface area contributed by atoms with Gasteiger partial charge in [-0.25, -0.2) is 0 Å². The molecule has 0 saturated heterocycles. The third kappa shape index (κ3) is 2.68. The van der Waals surface area contributed by atoms with Crippen LogP contribution in [0.15, 0.2) is 36.5 Å². The van der Waals surface area contributed by atoms with Crippen LogP contribution in [0.5, 0.6) is 0 Å². The molecule has 0 bridgehead atoms. The first kappa shape index (κ1) is 17.1. The summed E-state index contributed by atoms with van der Waals surface area (Å²) in [6.07, 6.45) is 9.95. The molecule has 0 aromatic carbocycles. The van der Waals surface area contributed by atoms with Gasteiger partial charge in [0.05, 0.1) is 5.41 Å². The van der Waals surface area contributed by atoms with E-state index in [9.17, 15) is 9.90 Å². The largest absolute Gasteiger partial charge is 0.481 e. The first-order chi connectivity index (χ1) is 10.3. The molecule has 0 amide bonds. The normalized spacial score (nSPS) is 39.2. The van der Waals surface area contributed by atoms with E-state index in [-0.39, 0.29) is 11.3 Å². The molecule has 0 radical (unpaired) electrons. The molecular formula is C20H30O2. The molecule has 2 nitrogen and oxygen atoms in total. The van der Waals surface area contributed by atoms with E-state index in [1.807, 2.05) is 13.0 Å². The lowest BCUT2D eigenvalue weighted by Gasteiger charge is -2.57. The van der Waals surface area contributed by atoms with Crippen LogP contribution >= 0.6 is 0 Å². The molecule has 2 rings (SSSR count). The number of hydrogen-bond donors (Lipinski definition) is 1. The summed E-state index contributed by atoms with van der Waals surface area (Å²) in [5.41, 5.74) is 1.97. The van der Waals surface area contributed by atoms with Crippen molar-refractivity contribution < 1.29 is 9.90 Å². The first-order valence-corrected chi connectivity index (χ1v) is 8.46. The Morgan fingerprint density at radius 2 is 2.09 bits per heavy atom. The SMILES string of the molecule is C=C/C(C)=C/CC1C(=C)CCC2[C@]1(C)CCC[C@]2(C)C(=O)O. The van der Waals surface area contributed by atoms with E-state index in [2.05, 4.69) is 33.1 Å². The van der Waals surface area contributed by atoms with E-state index in [0.29, 0.717) is 5.92 Å². The molecule has 2 aliphatic carbocycles. The van der Waals surface area contributed by atoms with Crippen molar-refractivity contribution in [3.8, 4) is 0 Å². The summed E-state index contributed by atoms with van der Waals surface area (Å²) in [6.45, 7) is 14.5. The van der Waals surface area contributed by atoms with Crippen molar-refractivity contribution in [3.63, 3.8) is 0 Å². The average Bonchev–Trinajstić information content (AvgIpc) is 2.45. The highest BCUT2D eigenvalue weighted by atomic mass is 16.4. The molecule has 122 valence electrons. The van der Waals surface area contributed by atoms with Crippen LogP contribution in [0.25, 0.3) is 0 Å². The minimum absolute atomic E-state index is 0.0542. The van der Waals surface area contributed by atoms with Crippen molar-refractivity contribution in [1.29, 1.82) is 0 Å². The Bertz CT molecular complexity index is 516. The summed E-state index contributed by atoms with van der Waals surface area (Å²) >= 11 is 0. The smallest absolute Gasteiger partial charge is 0.309 e. The van der Waals surface area contributed by atoms with Crippen LogP contribution in [0.4, 0.5) is 0 Å². The maximum atomic E-state index is 11.9. The third-order valence-corrected chi connectivity index (χ3v) is 6.51. The van der Waals surface area contributed by atoms with E-state index in [4.69, 9.17) is 0 Å². The number of carbonyl (C=O) groups is 1. The molecule has 2 saturated carbocycles. The fourth-order valence-electron chi connectivity index (χ4n) is 5.03. The lowest BCUT2D eigenvalue weighted by atomic mass is 9.46. The highest BCUT2D eigenvalue weighted by molar-refractivity contribution is 5.75. The Kier molecular flexibility index (Phi) is 4.70. The van der Waals surface area contributed by atoms with Crippen molar-refractivity contribution in [1.82, 2.24) is 0 Å². The fourth-order valence-corrected chi connectivity index (χ4v) is 5.03. The second kappa shape index (κ2) is 6.06. The monoisotopic (exact) mass is 302 g/mol. The van der Waals surface area contributed by atoms with Gasteiger partial charge in [-0.1, -0.05) is 49.8 Å². The van der Waals surface area contributed by atoms with Gasteiger partial charge in [0.25, 0.3) is 0 Å². The van der Waals surface area contributed by atoms with Gasteiger partial charge in [-0.2, -0.15) is 0 Å². The number of rotatable bonds is 4. The lowest BCUT2D eigenvalue weighted by Crippen LogP contribution is -2.53. The number of allylic oxidation sites excluding steroid dienone is 4. The highest BCUT2D eigenvalue weighted by Gasteiger charge is 2.57. The van der Waals surface area contributed by atoms with Crippen molar-refractivity contribution in [3.05, 3.63) is 36.5 Å². The van der Waals surface area contributed by atoms with Crippen molar-refractivity contribution in [2.24, 2.45) is 22.7 Å². The molecule has 0 aromatic heterocycles. The van der Waals surface area contributed by atoms with Crippen molar-refractivity contribution >= 4 is 5.97 Å². The Labute approximate surface area is 135 Å². The van der Waals surface area contributed by atoms with E-state index < -0.39 is 11.4 Å². The van der Waals surface area contributed by atoms with Crippen LogP contribution in [-0.4, -0.2) is 11.1 Å². The summed E-state index contributed by atoms with van der Waals surface area (Å²) in [5.74, 6) is 0.0202. The quantitative estimate of drug-likeness (QED) is 0.559. The molecule has 0 aliphatic heterocycles. The fraction of sp³-hybridized carbons (Fsp3) is 0.650. The summed E-state index contributed by atoms with van der Waals surface area (Å²) in [6, 6.07) is 0. The molecule has 4 atom stereocenters. The van der Waals surface area contributed by atoms with Crippen LogP contribution in [-0.2, 0) is 4.79 Å². The Balaban J connectivity index is 2.36. The second-order valence-electron chi connectivity index (χ2n) is 7.77. The predicted molar refractivity (Wildman–Crippen MR) is 91.6 cm³/mol. The van der Waals surface area contributed by atoms with E-state index in [1.54, 1.807) is 0 Å². The molecule has 0 heterocycles. The molecule has 2 unspecified atom stereocenters. The maximum Gasteiger partial charge on any atom is 0.309 e. The summed E-state index contributed by atoms with van der Waals surface area (Å²) in [7, 11) is 0. The zero-order valence-corrected chi connectivity index (χ0v) is 14.3. The van der Waals surface area contributed by atoms with Gasteiger partial charge in [0.15, 0.2) is 0 Å². The summed E-state index contributed by atoms with van der Waals surface area (Å²) < 4.78 is 0. The Morgan fingerprint density at radius 3 is 2.68 bits per heavy atom. The molecule has 22 heavy (non-hydrogen) atoms. The van der Waals surface area contributed by atoms with Gasteiger partial charge in [-0.3, -0.25) is 4.79 Å². The molecule has 1 N–H and O–H groups in total. The van der Waals surface area contributed by atoms with E-state index >= 15 is 0 Å².